The van der Waals surface area contributed by atoms with Gasteiger partial charge < -0.3 is 15.1 Å². The van der Waals surface area contributed by atoms with E-state index >= 15 is 0 Å². The lowest BCUT2D eigenvalue weighted by Gasteiger charge is -2.21. The van der Waals surface area contributed by atoms with Crippen LogP contribution in [0.2, 0.25) is 0 Å². The molecule has 1 aromatic rings. The highest BCUT2D eigenvalue weighted by Gasteiger charge is 2.25. The number of nitrogens with zero attached hydrogens (tertiary/aromatic N) is 2. The first-order valence-corrected chi connectivity index (χ1v) is 6.21. The Morgan fingerprint density at radius 2 is 2.41 bits per heavy atom. The van der Waals surface area contributed by atoms with Gasteiger partial charge in [-0.1, -0.05) is 6.07 Å². The molecule has 0 radical (unpaired) electrons. The van der Waals surface area contributed by atoms with Gasteiger partial charge in [0.2, 0.25) is 0 Å². The average molecular weight is 236 g/mol. The number of hydrogen-bond donors (Lipinski definition) is 2. The number of aliphatic hydroxyl groups is 2. The zero-order valence-corrected chi connectivity index (χ0v) is 10.2. The van der Waals surface area contributed by atoms with Gasteiger partial charge in [-0.25, -0.2) is 4.98 Å². The predicted octanol–water partition coefficient (Wildman–Crippen LogP) is 1.34. The molecular weight excluding hydrogens is 216 g/mol. The zero-order valence-electron chi connectivity index (χ0n) is 10.2. The van der Waals surface area contributed by atoms with E-state index in [0.717, 1.165) is 37.3 Å². The van der Waals surface area contributed by atoms with Crippen molar-refractivity contribution < 1.29 is 10.2 Å². The number of rotatable bonds is 4. The first kappa shape index (κ1) is 12.3. The second-order valence-corrected chi connectivity index (χ2v) is 4.71. The van der Waals surface area contributed by atoms with E-state index in [2.05, 4.69) is 9.88 Å². The van der Waals surface area contributed by atoms with Crippen molar-refractivity contribution >= 4 is 5.82 Å². The minimum atomic E-state index is -0.490. The van der Waals surface area contributed by atoms with E-state index in [1.54, 1.807) is 13.1 Å². The summed E-state index contributed by atoms with van der Waals surface area (Å²) in [5.41, 5.74) is 0.886. The lowest BCUT2D eigenvalue weighted by Crippen LogP contribution is -2.23. The van der Waals surface area contributed by atoms with E-state index in [0.29, 0.717) is 5.92 Å². The summed E-state index contributed by atoms with van der Waals surface area (Å²) in [7, 11) is 0. The summed E-state index contributed by atoms with van der Waals surface area (Å²) >= 11 is 0. The van der Waals surface area contributed by atoms with Crippen LogP contribution in [0.15, 0.2) is 18.3 Å². The van der Waals surface area contributed by atoms with Crippen molar-refractivity contribution in [2.45, 2.75) is 25.9 Å². The lowest BCUT2D eigenvalue weighted by molar-refractivity contribution is 0.199. The van der Waals surface area contributed by atoms with Crippen molar-refractivity contribution in [3.63, 3.8) is 0 Å². The highest BCUT2D eigenvalue weighted by Crippen LogP contribution is 2.29. The summed E-state index contributed by atoms with van der Waals surface area (Å²) in [5, 5.41) is 18.7. The van der Waals surface area contributed by atoms with Crippen LogP contribution in [0.5, 0.6) is 0 Å². The fourth-order valence-corrected chi connectivity index (χ4v) is 2.44. The fraction of sp³-hybridized carbons (Fsp3) is 0.615. The SMILES string of the molecule is C[C@@H](O)c1cccnc1N1CCC(CCO)C1. The first-order chi connectivity index (χ1) is 8.22. The minimum Gasteiger partial charge on any atom is -0.396 e. The third kappa shape index (κ3) is 2.76. The highest BCUT2D eigenvalue weighted by molar-refractivity contribution is 5.48. The van der Waals surface area contributed by atoms with Gasteiger partial charge in [0.1, 0.15) is 5.82 Å². The average Bonchev–Trinajstić information content (AvgIpc) is 2.78. The molecule has 1 unspecified atom stereocenters. The molecule has 1 fully saturated rings. The molecule has 94 valence electrons. The van der Waals surface area contributed by atoms with E-state index < -0.39 is 6.10 Å². The molecule has 1 aliphatic heterocycles. The van der Waals surface area contributed by atoms with Crippen LogP contribution in [0.1, 0.15) is 31.4 Å². The number of aromatic nitrogens is 1. The van der Waals surface area contributed by atoms with Gasteiger partial charge >= 0.3 is 0 Å². The molecule has 4 heteroatoms. The Bertz CT molecular complexity index is 368. The third-order valence-corrected chi connectivity index (χ3v) is 3.39. The monoisotopic (exact) mass is 236 g/mol. The van der Waals surface area contributed by atoms with Crippen LogP contribution in [0.3, 0.4) is 0 Å². The van der Waals surface area contributed by atoms with E-state index in [1.165, 1.54) is 0 Å². The molecule has 2 rings (SSSR count). The van der Waals surface area contributed by atoms with Crippen molar-refractivity contribution in [2.75, 3.05) is 24.6 Å². The van der Waals surface area contributed by atoms with Crippen LogP contribution in [0.4, 0.5) is 5.82 Å². The first-order valence-electron chi connectivity index (χ1n) is 6.21. The molecular formula is C13H20N2O2. The predicted molar refractivity (Wildman–Crippen MR) is 66.9 cm³/mol. The Morgan fingerprint density at radius 1 is 1.59 bits per heavy atom. The molecule has 1 saturated heterocycles. The Morgan fingerprint density at radius 3 is 3.12 bits per heavy atom. The number of pyridine rings is 1. The summed E-state index contributed by atoms with van der Waals surface area (Å²) in [6.45, 7) is 3.91. The Kier molecular flexibility index (Phi) is 3.97. The molecule has 2 atom stereocenters. The normalized spacial score (nSPS) is 21.8. The molecule has 2 N–H and O–H groups in total. The smallest absolute Gasteiger partial charge is 0.134 e. The summed E-state index contributed by atoms with van der Waals surface area (Å²) in [4.78, 5) is 6.59. The standard InChI is InChI=1S/C13H20N2O2/c1-10(17)12-3-2-6-14-13(12)15-7-4-11(9-15)5-8-16/h2-3,6,10-11,16-17H,4-5,7-9H2,1H3/t10-,11?/m1/s1. The van der Waals surface area contributed by atoms with Crippen molar-refractivity contribution in [3.8, 4) is 0 Å². The molecule has 0 saturated carbocycles. The van der Waals surface area contributed by atoms with E-state index in [9.17, 15) is 5.11 Å². The van der Waals surface area contributed by atoms with Gasteiger partial charge in [0.15, 0.2) is 0 Å². The molecule has 0 spiro atoms. The largest absolute Gasteiger partial charge is 0.396 e. The van der Waals surface area contributed by atoms with Crippen LogP contribution < -0.4 is 4.90 Å². The topological polar surface area (TPSA) is 56.6 Å². The summed E-state index contributed by atoms with van der Waals surface area (Å²) < 4.78 is 0. The summed E-state index contributed by atoms with van der Waals surface area (Å²) in [6, 6.07) is 3.78. The summed E-state index contributed by atoms with van der Waals surface area (Å²) in [5.74, 6) is 1.44. The molecule has 0 aromatic carbocycles. The molecule has 4 nitrogen and oxygen atoms in total. The van der Waals surface area contributed by atoms with Gasteiger partial charge in [-0.3, -0.25) is 0 Å². The van der Waals surface area contributed by atoms with Gasteiger partial charge in [0.25, 0.3) is 0 Å². The molecule has 0 aliphatic carbocycles. The maximum Gasteiger partial charge on any atom is 0.134 e. The lowest BCUT2D eigenvalue weighted by atomic mass is 10.1. The van der Waals surface area contributed by atoms with E-state index in [1.807, 2.05) is 12.1 Å². The van der Waals surface area contributed by atoms with Crippen LogP contribution in [-0.4, -0.2) is 34.9 Å². The molecule has 1 aromatic heterocycles. The Hall–Kier alpha value is -1.13. The van der Waals surface area contributed by atoms with Gasteiger partial charge in [0.05, 0.1) is 6.10 Å². The zero-order chi connectivity index (χ0) is 12.3. The van der Waals surface area contributed by atoms with Gasteiger partial charge in [-0.15, -0.1) is 0 Å². The van der Waals surface area contributed by atoms with Gasteiger partial charge in [0, 0.05) is 31.5 Å². The molecule has 2 heterocycles. The van der Waals surface area contributed by atoms with Crippen molar-refractivity contribution in [2.24, 2.45) is 5.92 Å². The Balaban J connectivity index is 2.13. The molecule has 0 amide bonds. The van der Waals surface area contributed by atoms with E-state index in [-0.39, 0.29) is 6.61 Å². The maximum absolute atomic E-state index is 9.73. The van der Waals surface area contributed by atoms with Crippen LogP contribution in [0, 0.1) is 5.92 Å². The highest BCUT2D eigenvalue weighted by atomic mass is 16.3. The molecule has 0 bridgehead atoms. The van der Waals surface area contributed by atoms with Gasteiger partial charge in [-0.05, 0) is 31.7 Å². The second kappa shape index (κ2) is 5.47. The third-order valence-electron chi connectivity index (χ3n) is 3.39. The quantitative estimate of drug-likeness (QED) is 0.828. The second-order valence-electron chi connectivity index (χ2n) is 4.71. The maximum atomic E-state index is 9.73. The minimum absolute atomic E-state index is 0.254. The van der Waals surface area contributed by atoms with E-state index in [4.69, 9.17) is 5.11 Å². The van der Waals surface area contributed by atoms with Crippen molar-refractivity contribution in [1.29, 1.82) is 0 Å². The fourth-order valence-electron chi connectivity index (χ4n) is 2.44. The number of anilines is 1. The van der Waals surface area contributed by atoms with Crippen molar-refractivity contribution in [1.82, 2.24) is 4.98 Å². The van der Waals surface area contributed by atoms with Crippen molar-refractivity contribution in [3.05, 3.63) is 23.9 Å². The molecule has 1 aliphatic rings. The van der Waals surface area contributed by atoms with Gasteiger partial charge in [-0.2, -0.15) is 0 Å². The summed E-state index contributed by atoms with van der Waals surface area (Å²) in [6.07, 6.45) is 3.22. The number of hydrogen-bond acceptors (Lipinski definition) is 4. The molecule has 17 heavy (non-hydrogen) atoms. The number of aliphatic hydroxyl groups excluding tert-OH is 2. The van der Waals surface area contributed by atoms with Crippen LogP contribution >= 0.6 is 0 Å². The van der Waals surface area contributed by atoms with Crippen LogP contribution in [0.25, 0.3) is 0 Å². The Labute approximate surface area is 102 Å². The van der Waals surface area contributed by atoms with Crippen LogP contribution in [-0.2, 0) is 0 Å².